The lowest BCUT2D eigenvalue weighted by atomic mass is 9.75. The van der Waals surface area contributed by atoms with Gasteiger partial charge in [-0.15, -0.1) is 0 Å². The molecule has 1 fully saturated rings. The number of hydrogen-bond acceptors (Lipinski definition) is 3. The van der Waals surface area contributed by atoms with Crippen molar-refractivity contribution >= 4 is 6.08 Å². The molecule has 0 amide bonds. The van der Waals surface area contributed by atoms with Crippen LogP contribution in [0.3, 0.4) is 0 Å². The van der Waals surface area contributed by atoms with Crippen LogP contribution in [0.5, 0.6) is 6.01 Å². The average molecular weight is 463 g/mol. The Hall–Kier alpha value is -2.70. The van der Waals surface area contributed by atoms with Crippen molar-refractivity contribution in [2.45, 2.75) is 64.2 Å². The Bertz CT molecular complexity index is 973. The van der Waals surface area contributed by atoms with E-state index in [0.717, 1.165) is 0 Å². The van der Waals surface area contributed by atoms with Crippen molar-refractivity contribution in [1.29, 1.82) is 0 Å². The first-order valence-corrected chi connectivity index (χ1v) is 11.4. The quantitative estimate of drug-likeness (QED) is 0.290. The van der Waals surface area contributed by atoms with Crippen LogP contribution in [0.2, 0.25) is 0 Å². The third-order valence-corrected chi connectivity index (χ3v) is 6.06. The summed E-state index contributed by atoms with van der Waals surface area (Å²) in [4.78, 5) is 8.03. The molecule has 1 saturated carbocycles. The zero-order valence-corrected chi connectivity index (χ0v) is 19.0. The first-order chi connectivity index (χ1) is 15.9. The van der Waals surface area contributed by atoms with Crippen LogP contribution in [0.1, 0.15) is 68.6 Å². The van der Waals surface area contributed by atoms with E-state index in [1.54, 1.807) is 37.3 Å². The summed E-state index contributed by atoms with van der Waals surface area (Å²) in [5, 5.41) is 0. The van der Waals surface area contributed by atoms with Crippen molar-refractivity contribution in [3.05, 3.63) is 71.1 Å². The number of hydrogen-bond donors (Lipinski definition) is 0. The summed E-state index contributed by atoms with van der Waals surface area (Å²) < 4.78 is 63.3. The normalized spacial score (nSPS) is 20.5. The van der Waals surface area contributed by atoms with Gasteiger partial charge in [0, 0.05) is 24.4 Å². The van der Waals surface area contributed by atoms with Crippen LogP contribution in [0.25, 0.3) is 6.08 Å². The summed E-state index contributed by atoms with van der Waals surface area (Å²) in [5.41, 5.74) is 0.901. The molecule has 33 heavy (non-hydrogen) atoms. The Kier molecular flexibility index (Phi) is 8.64. The van der Waals surface area contributed by atoms with E-state index < -0.39 is 23.5 Å². The van der Waals surface area contributed by atoms with E-state index in [9.17, 15) is 17.6 Å². The van der Waals surface area contributed by atoms with Gasteiger partial charge in [0.2, 0.25) is 0 Å². The number of alkyl halides is 2. The standard InChI is InChI=1S/C26H30F4N2O/c1-3-5-9-19-12-13-20(24(28)23(19)27)10-7-6-8-18-11-14-22(26(29,30)15-18)21-16-31-25(32-17-21)33-4-2/h3,5,7,10,12-13,16-18,22H,4,6,8-9,11,14-15H2,1-2H3/b5-3-,10-7+. The zero-order valence-electron chi connectivity index (χ0n) is 19.0. The van der Waals surface area contributed by atoms with Crippen LogP contribution in [0, 0.1) is 17.6 Å². The minimum Gasteiger partial charge on any atom is -0.464 e. The Morgan fingerprint density at radius 3 is 2.52 bits per heavy atom. The molecule has 0 radical (unpaired) electrons. The highest BCUT2D eigenvalue weighted by molar-refractivity contribution is 5.51. The molecule has 2 unspecified atom stereocenters. The molecular weight excluding hydrogens is 432 g/mol. The summed E-state index contributed by atoms with van der Waals surface area (Å²) in [6.45, 7) is 4.04. The summed E-state index contributed by atoms with van der Waals surface area (Å²) in [6, 6.07) is 3.31. The molecule has 1 aliphatic carbocycles. The average Bonchev–Trinajstić information content (AvgIpc) is 2.79. The van der Waals surface area contributed by atoms with Gasteiger partial charge < -0.3 is 4.74 Å². The Morgan fingerprint density at radius 1 is 1.09 bits per heavy atom. The van der Waals surface area contributed by atoms with Crippen LogP contribution < -0.4 is 4.74 Å². The first kappa shape index (κ1) is 24.9. The van der Waals surface area contributed by atoms with Gasteiger partial charge >= 0.3 is 6.01 Å². The van der Waals surface area contributed by atoms with Crippen LogP contribution in [-0.4, -0.2) is 22.5 Å². The molecule has 0 bridgehead atoms. The monoisotopic (exact) mass is 462 g/mol. The van der Waals surface area contributed by atoms with E-state index in [2.05, 4.69) is 9.97 Å². The minimum atomic E-state index is -2.85. The van der Waals surface area contributed by atoms with Gasteiger partial charge in [0.05, 0.1) is 12.5 Å². The van der Waals surface area contributed by atoms with Crippen molar-refractivity contribution in [1.82, 2.24) is 9.97 Å². The van der Waals surface area contributed by atoms with Crippen LogP contribution in [0.15, 0.2) is 42.8 Å². The van der Waals surface area contributed by atoms with Gasteiger partial charge in [-0.05, 0) is 63.0 Å². The molecular formula is C26H30F4N2O. The summed E-state index contributed by atoms with van der Waals surface area (Å²) in [6.07, 6.45) is 11.9. The smallest absolute Gasteiger partial charge is 0.316 e. The van der Waals surface area contributed by atoms with E-state index in [1.807, 2.05) is 6.92 Å². The van der Waals surface area contributed by atoms with Crippen molar-refractivity contribution in [3.63, 3.8) is 0 Å². The van der Waals surface area contributed by atoms with Gasteiger partial charge in [-0.25, -0.2) is 27.5 Å². The maximum absolute atomic E-state index is 14.9. The molecule has 3 rings (SSSR count). The second-order valence-corrected chi connectivity index (χ2v) is 8.39. The summed E-state index contributed by atoms with van der Waals surface area (Å²) in [7, 11) is 0. The molecule has 1 heterocycles. The molecule has 7 heteroatoms. The van der Waals surface area contributed by atoms with Gasteiger partial charge in [-0.2, -0.15) is 0 Å². The van der Waals surface area contributed by atoms with Gasteiger partial charge in [0.25, 0.3) is 5.92 Å². The van der Waals surface area contributed by atoms with E-state index in [4.69, 9.17) is 4.74 Å². The highest BCUT2D eigenvalue weighted by atomic mass is 19.3. The number of benzene rings is 1. The molecule has 1 aromatic carbocycles. The third-order valence-electron chi connectivity index (χ3n) is 6.06. The first-order valence-electron chi connectivity index (χ1n) is 11.4. The zero-order chi connectivity index (χ0) is 23.8. The molecule has 0 N–H and O–H groups in total. The molecule has 2 atom stereocenters. The maximum Gasteiger partial charge on any atom is 0.316 e. The molecule has 1 aliphatic rings. The lowest BCUT2D eigenvalue weighted by Crippen LogP contribution is -2.34. The minimum absolute atomic E-state index is 0.130. The largest absolute Gasteiger partial charge is 0.464 e. The number of rotatable bonds is 9. The Labute approximate surface area is 192 Å². The fourth-order valence-electron chi connectivity index (χ4n) is 4.29. The summed E-state index contributed by atoms with van der Waals surface area (Å²) >= 11 is 0. The van der Waals surface area contributed by atoms with Gasteiger partial charge in [0.15, 0.2) is 11.6 Å². The number of allylic oxidation sites excluding steroid dienone is 3. The second kappa shape index (κ2) is 11.4. The lowest BCUT2D eigenvalue weighted by molar-refractivity contribution is -0.0736. The van der Waals surface area contributed by atoms with Gasteiger partial charge in [-0.1, -0.05) is 36.4 Å². The predicted molar refractivity (Wildman–Crippen MR) is 121 cm³/mol. The second-order valence-electron chi connectivity index (χ2n) is 8.39. The molecule has 0 saturated heterocycles. The van der Waals surface area contributed by atoms with E-state index in [0.29, 0.717) is 49.8 Å². The molecule has 3 nitrogen and oxygen atoms in total. The number of halogens is 4. The van der Waals surface area contributed by atoms with Gasteiger partial charge in [-0.3, -0.25) is 0 Å². The van der Waals surface area contributed by atoms with Gasteiger partial charge in [0.1, 0.15) is 0 Å². The fourth-order valence-corrected chi connectivity index (χ4v) is 4.29. The van der Waals surface area contributed by atoms with E-state index in [1.165, 1.54) is 18.5 Å². The third kappa shape index (κ3) is 6.42. The number of aromatic nitrogens is 2. The molecule has 0 aliphatic heterocycles. The Balaban J connectivity index is 1.54. The number of ether oxygens (including phenoxy) is 1. The molecule has 178 valence electrons. The van der Waals surface area contributed by atoms with E-state index >= 15 is 0 Å². The van der Waals surface area contributed by atoms with Crippen LogP contribution in [0.4, 0.5) is 17.6 Å². The topological polar surface area (TPSA) is 35.0 Å². The molecule has 0 spiro atoms. The fraction of sp³-hybridized carbons (Fsp3) is 0.462. The van der Waals surface area contributed by atoms with Crippen molar-refractivity contribution in [3.8, 4) is 6.01 Å². The lowest BCUT2D eigenvalue weighted by Gasteiger charge is -2.36. The van der Waals surface area contributed by atoms with Crippen LogP contribution in [-0.2, 0) is 6.42 Å². The van der Waals surface area contributed by atoms with Crippen molar-refractivity contribution in [2.75, 3.05) is 6.61 Å². The predicted octanol–water partition coefficient (Wildman–Crippen LogP) is 7.28. The highest BCUT2D eigenvalue weighted by Gasteiger charge is 2.45. The molecule has 1 aromatic heterocycles. The summed E-state index contributed by atoms with van der Waals surface area (Å²) in [5.74, 6) is -5.60. The SMILES string of the molecule is C/C=C\Cc1ccc(/C=C/CCC2CCC(c3cnc(OCC)nc3)C(F)(F)C2)c(F)c1F. The van der Waals surface area contributed by atoms with E-state index in [-0.39, 0.29) is 23.9 Å². The van der Waals surface area contributed by atoms with Crippen LogP contribution >= 0.6 is 0 Å². The Morgan fingerprint density at radius 2 is 1.85 bits per heavy atom. The van der Waals surface area contributed by atoms with Crippen molar-refractivity contribution < 1.29 is 22.3 Å². The van der Waals surface area contributed by atoms with Crippen molar-refractivity contribution in [2.24, 2.45) is 5.92 Å². The molecule has 2 aromatic rings. The number of nitrogens with zero attached hydrogens (tertiary/aromatic N) is 2. The maximum atomic E-state index is 14.9. The highest BCUT2D eigenvalue weighted by Crippen LogP contribution is 2.47.